The molecule has 0 unspecified atom stereocenters. The summed E-state index contributed by atoms with van der Waals surface area (Å²) in [6.07, 6.45) is 4.78. The SMILES string of the molecule is COc1nc(Cl)nc(NC2CCC(C)CC2)n1. The molecule has 2 rings (SSSR count). The Morgan fingerprint density at radius 1 is 1.18 bits per heavy atom. The van der Waals surface area contributed by atoms with E-state index in [0.717, 1.165) is 18.8 Å². The number of aromatic nitrogens is 3. The van der Waals surface area contributed by atoms with Crippen molar-refractivity contribution in [1.29, 1.82) is 0 Å². The van der Waals surface area contributed by atoms with Crippen molar-refractivity contribution in [2.45, 2.75) is 38.6 Å². The van der Waals surface area contributed by atoms with Gasteiger partial charge in [0.25, 0.3) is 0 Å². The summed E-state index contributed by atoms with van der Waals surface area (Å²) in [7, 11) is 1.51. The third-order valence-corrected chi connectivity index (χ3v) is 3.29. The normalized spacial score (nSPS) is 24.4. The molecule has 1 heterocycles. The average molecular weight is 257 g/mol. The van der Waals surface area contributed by atoms with E-state index < -0.39 is 0 Å². The molecule has 1 N–H and O–H groups in total. The Kier molecular flexibility index (Phi) is 3.99. The van der Waals surface area contributed by atoms with Gasteiger partial charge >= 0.3 is 6.01 Å². The number of anilines is 1. The van der Waals surface area contributed by atoms with Gasteiger partial charge in [0.05, 0.1) is 7.11 Å². The minimum atomic E-state index is 0.156. The zero-order chi connectivity index (χ0) is 12.3. The quantitative estimate of drug-likeness (QED) is 0.901. The van der Waals surface area contributed by atoms with Gasteiger partial charge in [-0.1, -0.05) is 6.92 Å². The van der Waals surface area contributed by atoms with E-state index in [-0.39, 0.29) is 11.3 Å². The first-order chi connectivity index (χ1) is 8.17. The van der Waals surface area contributed by atoms with Crippen LogP contribution >= 0.6 is 11.6 Å². The van der Waals surface area contributed by atoms with Crippen LogP contribution in [0.3, 0.4) is 0 Å². The Morgan fingerprint density at radius 3 is 2.53 bits per heavy atom. The fourth-order valence-electron chi connectivity index (χ4n) is 2.07. The zero-order valence-electron chi connectivity index (χ0n) is 10.1. The Hall–Kier alpha value is -1.10. The Balaban J connectivity index is 2.00. The first kappa shape index (κ1) is 12.4. The highest BCUT2D eigenvalue weighted by Gasteiger charge is 2.19. The van der Waals surface area contributed by atoms with Gasteiger partial charge in [-0.25, -0.2) is 0 Å². The standard InChI is InChI=1S/C11H17ClN4O/c1-7-3-5-8(6-4-7)13-10-14-9(12)15-11(16-10)17-2/h7-8H,3-6H2,1-2H3,(H,13,14,15,16). The highest BCUT2D eigenvalue weighted by molar-refractivity contribution is 6.28. The first-order valence-electron chi connectivity index (χ1n) is 5.89. The summed E-state index contributed by atoms with van der Waals surface area (Å²) in [6.45, 7) is 2.29. The van der Waals surface area contributed by atoms with Crippen LogP contribution in [-0.4, -0.2) is 28.1 Å². The van der Waals surface area contributed by atoms with Crippen LogP contribution in [0, 0.1) is 5.92 Å². The molecule has 17 heavy (non-hydrogen) atoms. The molecule has 94 valence electrons. The molecule has 0 aliphatic heterocycles. The van der Waals surface area contributed by atoms with E-state index in [9.17, 15) is 0 Å². The van der Waals surface area contributed by atoms with E-state index in [0.29, 0.717) is 12.0 Å². The summed E-state index contributed by atoms with van der Waals surface area (Å²) in [5.74, 6) is 1.32. The van der Waals surface area contributed by atoms with Crippen molar-refractivity contribution < 1.29 is 4.74 Å². The second-order valence-electron chi connectivity index (χ2n) is 4.52. The van der Waals surface area contributed by atoms with Crippen LogP contribution in [0.25, 0.3) is 0 Å². The van der Waals surface area contributed by atoms with E-state index in [1.165, 1.54) is 20.0 Å². The van der Waals surface area contributed by atoms with Crippen molar-refractivity contribution in [3.05, 3.63) is 5.28 Å². The minimum Gasteiger partial charge on any atom is -0.467 e. The molecule has 1 aromatic rings. The topological polar surface area (TPSA) is 59.9 Å². The molecule has 6 heteroatoms. The fraction of sp³-hybridized carbons (Fsp3) is 0.727. The molecule has 0 radical (unpaired) electrons. The highest BCUT2D eigenvalue weighted by Crippen LogP contribution is 2.25. The highest BCUT2D eigenvalue weighted by atomic mass is 35.5. The summed E-state index contributed by atoms with van der Waals surface area (Å²) in [5, 5.41) is 3.45. The fourth-order valence-corrected chi connectivity index (χ4v) is 2.23. The number of nitrogens with zero attached hydrogens (tertiary/aromatic N) is 3. The molecule has 0 saturated heterocycles. The maximum Gasteiger partial charge on any atom is 0.322 e. The van der Waals surface area contributed by atoms with Crippen LogP contribution in [0.5, 0.6) is 6.01 Å². The first-order valence-corrected chi connectivity index (χ1v) is 6.27. The molecule has 1 aliphatic rings. The molecule has 1 aliphatic carbocycles. The van der Waals surface area contributed by atoms with Gasteiger partial charge in [0.15, 0.2) is 0 Å². The maximum absolute atomic E-state index is 5.79. The van der Waals surface area contributed by atoms with Crippen LogP contribution in [0.4, 0.5) is 5.95 Å². The minimum absolute atomic E-state index is 0.156. The molecule has 0 bridgehead atoms. The van der Waals surface area contributed by atoms with E-state index in [4.69, 9.17) is 16.3 Å². The predicted molar refractivity (Wildman–Crippen MR) is 66.4 cm³/mol. The van der Waals surface area contributed by atoms with Crippen molar-refractivity contribution in [1.82, 2.24) is 15.0 Å². The molecule has 0 aromatic carbocycles. The molecule has 1 aromatic heterocycles. The number of hydrogen-bond acceptors (Lipinski definition) is 5. The molecule has 0 amide bonds. The van der Waals surface area contributed by atoms with Crippen LogP contribution < -0.4 is 10.1 Å². The Labute approximate surface area is 106 Å². The van der Waals surface area contributed by atoms with Gasteiger partial charge in [0.1, 0.15) is 0 Å². The number of halogens is 1. The molecule has 1 saturated carbocycles. The van der Waals surface area contributed by atoms with Gasteiger partial charge < -0.3 is 10.1 Å². The van der Waals surface area contributed by atoms with E-state index in [1.807, 2.05) is 0 Å². The van der Waals surface area contributed by atoms with Gasteiger partial charge in [-0.3, -0.25) is 0 Å². The smallest absolute Gasteiger partial charge is 0.322 e. The van der Waals surface area contributed by atoms with Crippen molar-refractivity contribution in [2.24, 2.45) is 5.92 Å². The number of ether oxygens (including phenoxy) is 1. The third kappa shape index (κ3) is 3.43. The Bertz CT molecular complexity index is 380. The number of nitrogens with one attached hydrogen (secondary N) is 1. The van der Waals surface area contributed by atoms with E-state index in [2.05, 4.69) is 27.2 Å². The summed E-state index contributed by atoms with van der Waals surface area (Å²) in [4.78, 5) is 12.0. The summed E-state index contributed by atoms with van der Waals surface area (Å²) >= 11 is 5.79. The molecule has 1 fully saturated rings. The maximum atomic E-state index is 5.79. The van der Waals surface area contributed by atoms with E-state index >= 15 is 0 Å². The van der Waals surface area contributed by atoms with Crippen molar-refractivity contribution >= 4 is 17.5 Å². The number of methoxy groups -OCH3 is 1. The van der Waals surface area contributed by atoms with Crippen LogP contribution in [0.15, 0.2) is 0 Å². The average Bonchev–Trinajstić information content (AvgIpc) is 2.31. The number of rotatable bonds is 3. The van der Waals surface area contributed by atoms with Gasteiger partial charge in [-0.2, -0.15) is 15.0 Å². The molecular weight excluding hydrogens is 240 g/mol. The Morgan fingerprint density at radius 2 is 1.88 bits per heavy atom. The van der Waals surface area contributed by atoms with E-state index in [1.54, 1.807) is 0 Å². The monoisotopic (exact) mass is 256 g/mol. The van der Waals surface area contributed by atoms with Crippen molar-refractivity contribution in [2.75, 3.05) is 12.4 Å². The summed E-state index contributed by atoms with van der Waals surface area (Å²) < 4.78 is 4.96. The molecule has 0 atom stereocenters. The van der Waals surface area contributed by atoms with Gasteiger partial charge in [-0.15, -0.1) is 0 Å². The largest absolute Gasteiger partial charge is 0.467 e. The molecule has 0 spiro atoms. The second kappa shape index (κ2) is 5.49. The summed E-state index contributed by atoms with van der Waals surface area (Å²) in [6, 6.07) is 0.672. The third-order valence-electron chi connectivity index (χ3n) is 3.12. The second-order valence-corrected chi connectivity index (χ2v) is 4.85. The predicted octanol–water partition coefficient (Wildman–Crippen LogP) is 2.52. The van der Waals surface area contributed by atoms with Crippen molar-refractivity contribution in [3.63, 3.8) is 0 Å². The lowest BCUT2D eigenvalue weighted by Crippen LogP contribution is -2.26. The van der Waals surface area contributed by atoms with Crippen molar-refractivity contribution in [3.8, 4) is 6.01 Å². The number of hydrogen-bond donors (Lipinski definition) is 1. The van der Waals surface area contributed by atoms with Crippen LogP contribution in [0.1, 0.15) is 32.6 Å². The zero-order valence-corrected chi connectivity index (χ0v) is 10.9. The molecular formula is C11H17ClN4O. The summed E-state index contributed by atoms with van der Waals surface area (Å²) in [5.41, 5.74) is 0. The molecule has 5 nitrogen and oxygen atoms in total. The van der Waals surface area contributed by atoms with Crippen LogP contribution in [0.2, 0.25) is 5.28 Å². The van der Waals surface area contributed by atoms with Crippen LogP contribution in [-0.2, 0) is 0 Å². The lowest BCUT2D eigenvalue weighted by Gasteiger charge is -2.26. The lowest BCUT2D eigenvalue weighted by atomic mass is 9.87. The van der Waals surface area contributed by atoms with Gasteiger partial charge in [0.2, 0.25) is 11.2 Å². The van der Waals surface area contributed by atoms with Gasteiger partial charge in [0, 0.05) is 6.04 Å². The lowest BCUT2D eigenvalue weighted by molar-refractivity contribution is 0.358. The van der Waals surface area contributed by atoms with Gasteiger partial charge in [-0.05, 0) is 43.2 Å².